The van der Waals surface area contributed by atoms with Crippen molar-refractivity contribution in [3.05, 3.63) is 104 Å². The lowest BCUT2D eigenvalue weighted by molar-refractivity contribution is -0.384. The van der Waals surface area contributed by atoms with E-state index in [0.29, 0.717) is 27.8 Å². The highest BCUT2D eigenvalue weighted by Gasteiger charge is 2.20. The third kappa shape index (κ3) is 3.23. The van der Waals surface area contributed by atoms with Crippen LogP contribution in [0.1, 0.15) is 0 Å². The van der Waals surface area contributed by atoms with Crippen LogP contribution in [0.25, 0.3) is 44.2 Å². The molecule has 0 aliphatic carbocycles. The van der Waals surface area contributed by atoms with E-state index in [1.807, 2.05) is 54.6 Å². The number of fused-ring (bicyclic) bond motifs is 2. The molecule has 1 heterocycles. The molecule has 5 rings (SSSR count). The largest absolute Gasteiger partial charge is 0.455 e. The van der Waals surface area contributed by atoms with Crippen LogP contribution in [-0.2, 0) is 0 Å². The van der Waals surface area contributed by atoms with Crippen molar-refractivity contribution in [2.75, 3.05) is 5.73 Å². The molecule has 32 heavy (non-hydrogen) atoms. The Morgan fingerprint density at radius 3 is 2.34 bits per heavy atom. The van der Waals surface area contributed by atoms with Crippen molar-refractivity contribution in [1.82, 2.24) is 0 Å². The second-order valence-electron chi connectivity index (χ2n) is 7.33. The molecule has 0 amide bonds. The maximum Gasteiger partial charge on any atom is 0.270 e. The quantitative estimate of drug-likeness (QED) is 0.135. The minimum atomic E-state index is -0.533. The molecule has 7 heteroatoms. The van der Waals surface area contributed by atoms with Gasteiger partial charge in [-0.1, -0.05) is 58.4 Å². The molecule has 5 aromatic rings. The van der Waals surface area contributed by atoms with E-state index in [9.17, 15) is 14.9 Å². The summed E-state index contributed by atoms with van der Waals surface area (Å²) in [5, 5.41) is 11.7. The molecule has 6 nitrogen and oxygen atoms in total. The van der Waals surface area contributed by atoms with Crippen molar-refractivity contribution in [3.63, 3.8) is 0 Å². The maximum atomic E-state index is 13.5. The molecule has 0 aliphatic rings. The van der Waals surface area contributed by atoms with Crippen LogP contribution in [-0.4, -0.2) is 4.92 Å². The molecule has 0 spiro atoms. The predicted molar refractivity (Wildman–Crippen MR) is 130 cm³/mol. The number of nitrogens with two attached hydrogens (primary N) is 1. The van der Waals surface area contributed by atoms with Crippen molar-refractivity contribution in [2.45, 2.75) is 0 Å². The summed E-state index contributed by atoms with van der Waals surface area (Å²) >= 11 is 3.48. The number of nitro groups is 1. The van der Waals surface area contributed by atoms with Gasteiger partial charge in [-0.15, -0.1) is 0 Å². The number of benzene rings is 4. The van der Waals surface area contributed by atoms with Crippen LogP contribution in [0.5, 0.6) is 0 Å². The van der Waals surface area contributed by atoms with Crippen LogP contribution < -0.4 is 11.2 Å². The van der Waals surface area contributed by atoms with Gasteiger partial charge in [-0.25, -0.2) is 0 Å². The summed E-state index contributed by atoms with van der Waals surface area (Å²) in [5.74, 6) is 0. The normalized spacial score (nSPS) is 11.2. The van der Waals surface area contributed by atoms with Crippen LogP contribution in [0.2, 0.25) is 0 Å². The van der Waals surface area contributed by atoms with Gasteiger partial charge in [-0.2, -0.15) is 0 Å². The van der Waals surface area contributed by atoms with Crippen LogP contribution in [0.3, 0.4) is 0 Å². The van der Waals surface area contributed by atoms with E-state index in [0.717, 1.165) is 15.6 Å². The van der Waals surface area contributed by atoms with Gasteiger partial charge in [-0.3, -0.25) is 14.9 Å². The molecule has 0 saturated carbocycles. The molecule has 2 N–H and O–H groups in total. The van der Waals surface area contributed by atoms with E-state index in [2.05, 4.69) is 15.9 Å². The Labute approximate surface area is 190 Å². The minimum absolute atomic E-state index is 0.149. The van der Waals surface area contributed by atoms with Crippen molar-refractivity contribution < 1.29 is 9.34 Å². The van der Waals surface area contributed by atoms with Crippen LogP contribution in [0.4, 0.5) is 11.4 Å². The molecular formula is C25H15BrN2O4. The molecule has 0 radical (unpaired) electrons. The first-order valence-electron chi connectivity index (χ1n) is 9.73. The molecule has 1 aromatic heterocycles. The molecule has 4 aromatic carbocycles. The van der Waals surface area contributed by atoms with E-state index in [1.165, 1.54) is 18.2 Å². The van der Waals surface area contributed by atoms with Crippen molar-refractivity contribution in [2.24, 2.45) is 0 Å². The number of anilines is 1. The van der Waals surface area contributed by atoms with Gasteiger partial charge in [0.1, 0.15) is 11.2 Å². The average Bonchev–Trinajstić information content (AvgIpc) is 2.79. The highest BCUT2D eigenvalue weighted by Crippen LogP contribution is 2.41. The first-order valence-corrected chi connectivity index (χ1v) is 10.5. The van der Waals surface area contributed by atoms with Gasteiger partial charge in [0, 0.05) is 27.7 Å². The smallest absolute Gasteiger partial charge is 0.270 e. The number of non-ortho nitro benzene ring substituents is 1. The highest BCUT2D eigenvalue weighted by atomic mass is 79.9. The maximum absolute atomic E-state index is 13.5. The van der Waals surface area contributed by atoms with Gasteiger partial charge in [0.2, 0.25) is 5.43 Å². The number of rotatable bonds is 3. The number of hydrogen-bond acceptors (Lipinski definition) is 5. The SMILES string of the molecule is Nc1c(-c2cccc(Br)c2)cc2c(=O)c3cc([N+](=O)[O-])ccc3oc2c1-c1ccccc1. The van der Waals surface area contributed by atoms with Crippen molar-refractivity contribution in [1.29, 1.82) is 0 Å². The van der Waals surface area contributed by atoms with Gasteiger partial charge in [0.25, 0.3) is 5.69 Å². The van der Waals surface area contributed by atoms with Crippen molar-refractivity contribution in [3.8, 4) is 22.3 Å². The first-order chi connectivity index (χ1) is 15.4. The molecule has 0 aliphatic heterocycles. The van der Waals surface area contributed by atoms with E-state index in [1.54, 1.807) is 6.07 Å². The fraction of sp³-hybridized carbons (Fsp3) is 0. The Morgan fingerprint density at radius 2 is 1.62 bits per heavy atom. The van der Waals surface area contributed by atoms with Gasteiger partial charge in [-0.05, 0) is 35.4 Å². The first kappa shape index (κ1) is 20.0. The van der Waals surface area contributed by atoms with Crippen molar-refractivity contribution >= 4 is 49.2 Å². The Kier molecular flexibility index (Phi) is 4.75. The molecular weight excluding hydrogens is 472 g/mol. The third-order valence-corrected chi connectivity index (χ3v) is 5.89. The third-order valence-electron chi connectivity index (χ3n) is 5.39. The lowest BCUT2D eigenvalue weighted by atomic mass is 9.93. The summed E-state index contributed by atoms with van der Waals surface area (Å²) in [6, 6.07) is 22.8. The zero-order valence-electron chi connectivity index (χ0n) is 16.5. The van der Waals surface area contributed by atoms with E-state index >= 15 is 0 Å². The van der Waals surface area contributed by atoms with Gasteiger partial charge >= 0.3 is 0 Å². The lowest BCUT2D eigenvalue weighted by Crippen LogP contribution is -2.06. The highest BCUT2D eigenvalue weighted by molar-refractivity contribution is 9.10. The van der Waals surface area contributed by atoms with Crippen LogP contribution >= 0.6 is 15.9 Å². The number of halogens is 1. The average molecular weight is 487 g/mol. The Hall–Kier alpha value is -3.97. The number of nitrogens with zero attached hydrogens (tertiary/aromatic N) is 1. The van der Waals surface area contributed by atoms with Crippen LogP contribution in [0, 0.1) is 10.1 Å². The fourth-order valence-electron chi connectivity index (χ4n) is 3.89. The fourth-order valence-corrected chi connectivity index (χ4v) is 4.29. The van der Waals surface area contributed by atoms with Crippen LogP contribution in [0.15, 0.2) is 92.5 Å². The lowest BCUT2D eigenvalue weighted by Gasteiger charge is -2.15. The number of hydrogen-bond donors (Lipinski definition) is 1. The summed E-state index contributed by atoms with van der Waals surface area (Å²) < 4.78 is 7.00. The standard InChI is InChI=1S/C25H15BrN2O4/c26-16-8-4-7-15(11-16)18-13-20-24(29)19-12-17(28(30)31)9-10-21(19)32-25(20)22(23(18)27)14-5-2-1-3-6-14/h1-13H,27H2. The summed E-state index contributed by atoms with van der Waals surface area (Å²) in [4.78, 5) is 24.2. The number of nitrogen functional groups attached to an aromatic ring is 1. The monoisotopic (exact) mass is 486 g/mol. The Morgan fingerprint density at radius 1 is 0.875 bits per heavy atom. The Balaban J connectivity index is 1.95. The molecule has 0 fully saturated rings. The van der Waals surface area contributed by atoms with Gasteiger partial charge in [0.15, 0.2) is 0 Å². The topological polar surface area (TPSA) is 99.4 Å². The zero-order valence-corrected chi connectivity index (χ0v) is 18.1. The Bertz CT molecular complexity index is 1590. The number of nitro benzene ring substituents is 1. The second-order valence-corrected chi connectivity index (χ2v) is 8.25. The predicted octanol–water partition coefficient (Wildman–Crippen LogP) is 6.53. The summed E-state index contributed by atoms with van der Waals surface area (Å²) in [5.41, 5.74) is 10.1. The molecule has 0 saturated heterocycles. The molecule has 156 valence electrons. The zero-order chi connectivity index (χ0) is 22.4. The summed E-state index contributed by atoms with van der Waals surface area (Å²) in [6.07, 6.45) is 0. The summed E-state index contributed by atoms with van der Waals surface area (Å²) in [7, 11) is 0. The molecule has 0 bridgehead atoms. The minimum Gasteiger partial charge on any atom is -0.455 e. The second kappa shape index (κ2) is 7.62. The van der Waals surface area contributed by atoms with E-state index in [-0.39, 0.29) is 22.1 Å². The van der Waals surface area contributed by atoms with Gasteiger partial charge < -0.3 is 10.2 Å². The van der Waals surface area contributed by atoms with E-state index in [4.69, 9.17) is 10.2 Å². The summed E-state index contributed by atoms with van der Waals surface area (Å²) in [6.45, 7) is 0. The van der Waals surface area contributed by atoms with Gasteiger partial charge in [0.05, 0.1) is 21.4 Å². The van der Waals surface area contributed by atoms with E-state index < -0.39 is 4.92 Å². The molecule has 0 atom stereocenters. The molecule has 0 unspecified atom stereocenters.